The largest absolute Gasteiger partial charge is 0.354 e. The molecule has 0 spiro atoms. The van der Waals surface area contributed by atoms with Gasteiger partial charge in [0.15, 0.2) is 0 Å². The number of likely N-dealkylation sites (N-methyl/N-ethyl adjacent to an activating group) is 1. The maximum absolute atomic E-state index is 11.7. The van der Waals surface area contributed by atoms with Crippen LogP contribution in [-0.2, 0) is 4.79 Å². The lowest BCUT2D eigenvalue weighted by Crippen LogP contribution is -2.45. The van der Waals surface area contributed by atoms with E-state index in [0.29, 0.717) is 12.6 Å². The summed E-state index contributed by atoms with van der Waals surface area (Å²) in [5.41, 5.74) is 5.69. The molecule has 3 unspecified atom stereocenters. The van der Waals surface area contributed by atoms with E-state index in [1.165, 1.54) is 12.8 Å². The van der Waals surface area contributed by atoms with Crippen LogP contribution in [0.25, 0.3) is 0 Å². The quantitative estimate of drug-likeness (QED) is 0.780. The van der Waals surface area contributed by atoms with E-state index in [2.05, 4.69) is 24.2 Å². The zero-order chi connectivity index (χ0) is 12.3. The van der Waals surface area contributed by atoms with Crippen molar-refractivity contribution >= 4 is 30.7 Å². The van der Waals surface area contributed by atoms with Gasteiger partial charge < -0.3 is 11.1 Å². The number of nitrogens with zero attached hydrogens (tertiary/aromatic N) is 1. The lowest BCUT2D eigenvalue weighted by atomic mass is 10.0. The van der Waals surface area contributed by atoms with Crippen LogP contribution in [0.1, 0.15) is 33.6 Å². The Labute approximate surface area is 123 Å². The molecule has 1 saturated carbocycles. The minimum absolute atomic E-state index is 0. The first kappa shape index (κ1) is 20.3. The topological polar surface area (TPSA) is 58.4 Å². The molecule has 0 aromatic carbocycles. The number of carbonyl (C=O) groups excluding carboxylic acids is 1. The van der Waals surface area contributed by atoms with E-state index in [9.17, 15) is 4.79 Å². The van der Waals surface area contributed by atoms with Crippen LogP contribution in [0.15, 0.2) is 0 Å². The minimum Gasteiger partial charge on any atom is -0.354 e. The van der Waals surface area contributed by atoms with Gasteiger partial charge in [-0.2, -0.15) is 0 Å². The second kappa shape index (κ2) is 8.97. The highest BCUT2D eigenvalue weighted by Gasteiger charge is 2.29. The van der Waals surface area contributed by atoms with E-state index >= 15 is 0 Å². The van der Waals surface area contributed by atoms with Crippen LogP contribution >= 0.6 is 24.8 Å². The SMILES string of the molecule is CC(N)C(C)C(=O)NCC(C)N(C)C1CC1.Cl.Cl. The van der Waals surface area contributed by atoms with Crippen LogP contribution in [-0.4, -0.2) is 42.5 Å². The molecule has 1 fully saturated rings. The second-order valence-electron chi connectivity index (χ2n) is 5.14. The molecule has 18 heavy (non-hydrogen) atoms. The normalized spacial score (nSPS) is 19.2. The number of nitrogens with two attached hydrogens (primary N) is 1. The van der Waals surface area contributed by atoms with Crippen molar-refractivity contribution in [2.45, 2.75) is 51.7 Å². The molecular weight excluding hydrogens is 273 g/mol. The number of halogens is 2. The van der Waals surface area contributed by atoms with Crippen LogP contribution in [0, 0.1) is 5.92 Å². The van der Waals surface area contributed by atoms with Crippen molar-refractivity contribution in [1.82, 2.24) is 10.2 Å². The molecule has 0 radical (unpaired) electrons. The second-order valence-corrected chi connectivity index (χ2v) is 5.14. The van der Waals surface area contributed by atoms with E-state index in [-0.39, 0.29) is 42.7 Å². The molecule has 0 aromatic rings. The number of nitrogens with one attached hydrogen (secondary N) is 1. The highest BCUT2D eigenvalue weighted by Crippen LogP contribution is 2.26. The Bertz CT molecular complexity index is 247. The van der Waals surface area contributed by atoms with Crippen molar-refractivity contribution in [3.8, 4) is 0 Å². The molecule has 0 heterocycles. The molecule has 1 aliphatic carbocycles. The Morgan fingerprint density at radius 2 is 1.83 bits per heavy atom. The number of hydrogen-bond acceptors (Lipinski definition) is 3. The van der Waals surface area contributed by atoms with Crippen molar-refractivity contribution in [2.75, 3.05) is 13.6 Å². The minimum atomic E-state index is -0.113. The van der Waals surface area contributed by atoms with Crippen LogP contribution in [0.2, 0.25) is 0 Å². The molecule has 0 aromatic heterocycles. The first-order chi connectivity index (χ1) is 7.43. The molecule has 1 amide bonds. The average molecular weight is 300 g/mol. The first-order valence-corrected chi connectivity index (χ1v) is 6.18. The van der Waals surface area contributed by atoms with E-state index in [4.69, 9.17) is 5.73 Å². The summed E-state index contributed by atoms with van der Waals surface area (Å²) in [6, 6.07) is 1.05. The van der Waals surface area contributed by atoms with Gasteiger partial charge in [0.05, 0.1) is 0 Å². The summed E-state index contributed by atoms with van der Waals surface area (Å²) in [5.74, 6) is -0.0514. The molecular formula is C12H27Cl2N3O. The summed E-state index contributed by atoms with van der Waals surface area (Å²) in [4.78, 5) is 14.0. The molecule has 1 rings (SSSR count). The predicted octanol–water partition coefficient (Wildman–Crippen LogP) is 1.41. The van der Waals surface area contributed by atoms with Gasteiger partial charge in [0.2, 0.25) is 5.91 Å². The Balaban J connectivity index is 0. The van der Waals surface area contributed by atoms with Crippen LogP contribution in [0.4, 0.5) is 0 Å². The summed E-state index contributed by atoms with van der Waals surface area (Å²) in [6.07, 6.45) is 2.59. The highest BCUT2D eigenvalue weighted by atomic mass is 35.5. The fourth-order valence-corrected chi connectivity index (χ4v) is 1.63. The van der Waals surface area contributed by atoms with E-state index in [1.54, 1.807) is 0 Å². The molecule has 6 heteroatoms. The van der Waals surface area contributed by atoms with Gasteiger partial charge in [0.25, 0.3) is 0 Å². The first-order valence-electron chi connectivity index (χ1n) is 6.18. The average Bonchev–Trinajstić information content (AvgIpc) is 3.06. The van der Waals surface area contributed by atoms with Gasteiger partial charge in [-0.1, -0.05) is 6.92 Å². The molecule has 110 valence electrons. The lowest BCUT2D eigenvalue weighted by Gasteiger charge is -2.25. The monoisotopic (exact) mass is 299 g/mol. The Hall–Kier alpha value is -0.0300. The molecule has 4 nitrogen and oxygen atoms in total. The summed E-state index contributed by atoms with van der Waals surface area (Å²) in [5, 5.41) is 2.97. The molecule has 1 aliphatic rings. The maximum Gasteiger partial charge on any atom is 0.224 e. The van der Waals surface area contributed by atoms with Crippen molar-refractivity contribution in [3.63, 3.8) is 0 Å². The highest BCUT2D eigenvalue weighted by molar-refractivity contribution is 5.85. The van der Waals surface area contributed by atoms with Crippen molar-refractivity contribution in [3.05, 3.63) is 0 Å². The molecule has 0 bridgehead atoms. The Kier molecular flexibility index (Phi) is 10.1. The van der Waals surface area contributed by atoms with Gasteiger partial charge in [-0.3, -0.25) is 9.69 Å². The van der Waals surface area contributed by atoms with Gasteiger partial charge in [-0.15, -0.1) is 24.8 Å². The maximum atomic E-state index is 11.7. The van der Waals surface area contributed by atoms with Crippen LogP contribution in [0.5, 0.6) is 0 Å². The van der Waals surface area contributed by atoms with Crippen molar-refractivity contribution < 1.29 is 4.79 Å². The number of rotatable bonds is 6. The smallest absolute Gasteiger partial charge is 0.224 e. The molecule has 3 N–H and O–H groups in total. The molecule has 0 aliphatic heterocycles. The van der Waals surface area contributed by atoms with Gasteiger partial charge >= 0.3 is 0 Å². The summed E-state index contributed by atoms with van der Waals surface area (Å²) >= 11 is 0. The third kappa shape index (κ3) is 6.23. The van der Waals surface area contributed by atoms with Gasteiger partial charge in [-0.25, -0.2) is 0 Å². The van der Waals surface area contributed by atoms with E-state index in [0.717, 1.165) is 6.04 Å². The molecule has 0 saturated heterocycles. The van der Waals surface area contributed by atoms with E-state index in [1.807, 2.05) is 13.8 Å². The standard InChI is InChI=1S/C12H25N3O.2ClH/c1-8(15(4)11-5-6-11)7-14-12(16)9(2)10(3)13;;/h8-11H,5-7,13H2,1-4H3,(H,14,16);2*1H. The summed E-state index contributed by atoms with van der Waals surface area (Å²) in [7, 11) is 2.13. The number of carbonyl (C=O) groups is 1. The zero-order valence-corrected chi connectivity index (χ0v) is 13.3. The van der Waals surface area contributed by atoms with Crippen molar-refractivity contribution in [1.29, 1.82) is 0 Å². The summed E-state index contributed by atoms with van der Waals surface area (Å²) < 4.78 is 0. The van der Waals surface area contributed by atoms with E-state index < -0.39 is 0 Å². The fraction of sp³-hybridized carbons (Fsp3) is 0.917. The number of amides is 1. The van der Waals surface area contributed by atoms with Gasteiger partial charge in [0.1, 0.15) is 0 Å². The number of hydrogen-bond donors (Lipinski definition) is 2. The zero-order valence-electron chi connectivity index (χ0n) is 11.7. The van der Waals surface area contributed by atoms with Gasteiger partial charge in [-0.05, 0) is 33.7 Å². The molecule has 3 atom stereocenters. The third-order valence-electron chi connectivity index (χ3n) is 3.59. The third-order valence-corrected chi connectivity index (χ3v) is 3.59. The Morgan fingerprint density at radius 3 is 2.22 bits per heavy atom. The Morgan fingerprint density at radius 1 is 1.33 bits per heavy atom. The van der Waals surface area contributed by atoms with Crippen LogP contribution < -0.4 is 11.1 Å². The fourth-order valence-electron chi connectivity index (χ4n) is 1.63. The summed E-state index contributed by atoms with van der Waals surface area (Å²) in [6.45, 7) is 6.59. The van der Waals surface area contributed by atoms with Crippen molar-refractivity contribution in [2.24, 2.45) is 11.7 Å². The lowest BCUT2D eigenvalue weighted by molar-refractivity contribution is -0.125. The predicted molar refractivity (Wildman–Crippen MR) is 80.6 cm³/mol. The van der Waals surface area contributed by atoms with Crippen LogP contribution in [0.3, 0.4) is 0 Å². The van der Waals surface area contributed by atoms with Gasteiger partial charge in [0, 0.05) is 30.6 Å².